The zero-order valence-corrected chi connectivity index (χ0v) is 13.4. The molecule has 0 fully saturated rings. The first-order chi connectivity index (χ1) is 9.68. The van der Waals surface area contributed by atoms with Gasteiger partial charge in [0.15, 0.2) is 0 Å². The van der Waals surface area contributed by atoms with Crippen molar-refractivity contribution in [3.63, 3.8) is 0 Å². The molecule has 0 aromatic carbocycles. The minimum absolute atomic E-state index is 0.0187. The highest BCUT2D eigenvalue weighted by Gasteiger charge is 2.32. The van der Waals surface area contributed by atoms with E-state index >= 15 is 0 Å². The summed E-state index contributed by atoms with van der Waals surface area (Å²) in [6, 6.07) is 0. The van der Waals surface area contributed by atoms with Crippen LogP contribution in [0.25, 0.3) is 0 Å². The first-order valence-electron chi connectivity index (χ1n) is 6.88. The molecule has 1 aliphatic carbocycles. The number of aliphatic imine (C=N–C) groups is 1. The lowest BCUT2D eigenvalue weighted by Gasteiger charge is -2.34. The summed E-state index contributed by atoms with van der Waals surface area (Å²) in [6.45, 7) is 7.81. The Kier molecular flexibility index (Phi) is 4.19. The predicted molar refractivity (Wildman–Crippen MR) is 84.2 cm³/mol. The summed E-state index contributed by atoms with van der Waals surface area (Å²) in [5.41, 5.74) is 2.20. The highest BCUT2D eigenvalue weighted by atomic mass is 35.5. The third-order valence-corrected chi connectivity index (χ3v) is 3.62. The van der Waals surface area contributed by atoms with Gasteiger partial charge in [-0.3, -0.25) is 9.59 Å². The third kappa shape index (κ3) is 3.50. The molecule has 0 aromatic heterocycles. The summed E-state index contributed by atoms with van der Waals surface area (Å²) in [5, 5.41) is 2.16. The van der Waals surface area contributed by atoms with Gasteiger partial charge in [-0.2, -0.15) is 0 Å². The number of hydrogen-bond donors (Lipinski definition) is 1. The van der Waals surface area contributed by atoms with E-state index in [1.54, 1.807) is 25.2 Å². The number of carbonyl (C=O) groups excluding carboxylic acids is 2. The third-order valence-electron chi connectivity index (χ3n) is 3.43. The van der Waals surface area contributed by atoms with Gasteiger partial charge < -0.3 is 5.32 Å². The Morgan fingerprint density at radius 3 is 2.62 bits per heavy atom. The molecular formula is C16H19ClN2O2. The Labute approximate surface area is 129 Å². The molecule has 2 atom stereocenters. The van der Waals surface area contributed by atoms with E-state index in [4.69, 9.17) is 11.6 Å². The van der Waals surface area contributed by atoms with E-state index in [1.807, 2.05) is 6.08 Å². The monoisotopic (exact) mass is 306 g/mol. The summed E-state index contributed by atoms with van der Waals surface area (Å²) in [7, 11) is 0. The minimum Gasteiger partial charge on any atom is -0.325 e. The van der Waals surface area contributed by atoms with Crippen LogP contribution < -0.4 is 5.32 Å². The van der Waals surface area contributed by atoms with Crippen molar-refractivity contribution >= 4 is 29.1 Å². The molecule has 4 nitrogen and oxygen atoms in total. The zero-order valence-electron chi connectivity index (χ0n) is 12.6. The Hall–Kier alpha value is -1.68. The average Bonchev–Trinajstić information content (AvgIpc) is 2.36. The maximum atomic E-state index is 11.8. The molecule has 2 rings (SSSR count). The fourth-order valence-electron chi connectivity index (χ4n) is 2.36. The molecule has 21 heavy (non-hydrogen) atoms. The molecule has 0 saturated heterocycles. The van der Waals surface area contributed by atoms with Crippen LogP contribution >= 0.6 is 11.6 Å². The number of alkyl halides is 1. The Morgan fingerprint density at radius 1 is 1.38 bits per heavy atom. The van der Waals surface area contributed by atoms with Gasteiger partial charge in [0.05, 0.1) is 5.71 Å². The molecule has 2 aliphatic rings. The molecular weight excluding hydrogens is 288 g/mol. The standard InChI is InChI=1S/C16H19ClN2O2/c1-9(17)15(21)18-10-5-6-11-12(16(2,3)4)8-14(20)19-13(11)7-10/h5-9,11H,1-4H3,(H,19,20). The van der Waals surface area contributed by atoms with Crippen molar-refractivity contribution in [1.82, 2.24) is 5.32 Å². The second kappa shape index (κ2) is 5.60. The number of fused-ring (bicyclic) bond motifs is 1. The van der Waals surface area contributed by atoms with Gasteiger partial charge in [-0.15, -0.1) is 11.6 Å². The molecule has 2 unspecified atom stereocenters. The maximum absolute atomic E-state index is 11.8. The Bertz CT molecular complexity index is 604. The van der Waals surface area contributed by atoms with Crippen LogP contribution in [-0.2, 0) is 9.59 Å². The second-order valence-corrected chi connectivity index (χ2v) is 6.92. The van der Waals surface area contributed by atoms with Crippen LogP contribution in [0.1, 0.15) is 27.7 Å². The van der Waals surface area contributed by atoms with Gasteiger partial charge >= 0.3 is 0 Å². The quantitative estimate of drug-likeness (QED) is 0.757. The lowest BCUT2D eigenvalue weighted by Crippen LogP contribution is -2.36. The van der Waals surface area contributed by atoms with Crippen molar-refractivity contribution in [2.45, 2.75) is 33.1 Å². The van der Waals surface area contributed by atoms with E-state index in [0.29, 0.717) is 5.71 Å². The zero-order chi connectivity index (χ0) is 15.8. The number of amides is 2. The van der Waals surface area contributed by atoms with Gasteiger partial charge in [0, 0.05) is 17.7 Å². The van der Waals surface area contributed by atoms with E-state index < -0.39 is 5.38 Å². The smallest absolute Gasteiger partial charge is 0.263 e. The van der Waals surface area contributed by atoms with Crippen LogP contribution in [0.3, 0.4) is 0 Å². The summed E-state index contributed by atoms with van der Waals surface area (Å²) in [5.74, 6) is -0.514. The SMILES string of the molecule is CC(Cl)C(=O)N=C1C=CC2C(=C1)NC(=O)C=C2C(C)(C)C. The number of nitrogens with zero attached hydrogens (tertiary/aromatic N) is 1. The molecule has 0 saturated carbocycles. The topological polar surface area (TPSA) is 58.5 Å². The molecule has 0 aromatic rings. The van der Waals surface area contributed by atoms with Crippen LogP contribution in [0, 0.1) is 11.3 Å². The van der Waals surface area contributed by atoms with E-state index in [9.17, 15) is 9.59 Å². The largest absolute Gasteiger partial charge is 0.325 e. The summed E-state index contributed by atoms with van der Waals surface area (Å²) in [4.78, 5) is 27.4. The summed E-state index contributed by atoms with van der Waals surface area (Å²) < 4.78 is 0. The van der Waals surface area contributed by atoms with E-state index in [2.05, 4.69) is 31.1 Å². The lowest BCUT2D eigenvalue weighted by atomic mass is 9.74. The molecule has 5 heteroatoms. The minimum atomic E-state index is -0.659. The summed E-state index contributed by atoms with van der Waals surface area (Å²) >= 11 is 5.71. The molecule has 2 amide bonds. The number of rotatable bonds is 1. The van der Waals surface area contributed by atoms with Crippen LogP contribution in [0.15, 0.2) is 40.6 Å². The molecule has 1 N–H and O–H groups in total. The molecule has 1 heterocycles. The van der Waals surface area contributed by atoms with Crippen LogP contribution in [0.5, 0.6) is 0 Å². The van der Waals surface area contributed by atoms with Crippen molar-refractivity contribution < 1.29 is 9.59 Å². The van der Waals surface area contributed by atoms with Gasteiger partial charge in [-0.25, -0.2) is 4.99 Å². The van der Waals surface area contributed by atoms with E-state index in [0.717, 1.165) is 11.3 Å². The first-order valence-corrected chi connectivity index (χ1v) is 7.31. The van der Waals surface area contributed by atoms with Crippen molar-refractivity contribution in [2.24, 2.45) is 16.3 Å². The summed E-state index contributed by atoms with van der Waals surface area (Å²) in [6.07, 6.45) is 7.14. The first kappa shape index (κ1) is 15.7. The fraction of sp³-hybridized carbons (Fsp3) is 0.438. The highest BCUT2D eigenvalue weighted by Crippen LogP contribution is 2.38. The van der Waals surface area contributed by atoms with Gasteiger partial charge in [-0.05, 0) is 30.1 Å². The number of nitrogens with one attached hydrogen (secondary N) is 1. The van der Waals surface area contributed by atoms with Gasteiger partial charge in [-0.1, -0.05) is 26.8 Å². The number of allylic oxidation sites excluding steroid dienone is 3. The van der Waals surface area contributed by atoms with Crippen molar-refractivity contribution in [1.29, 1.82) is 0 Å². The Morgan fingerprint density at radius 2 is 2.05 bits per heavy atom. The highest BCUT2D eigenvalue weighted by molar-refractivity contribution is 6.31. The average molecular weight is 307 g/mol. The van der Waals surface area contributed by atoms with E-state index in [1.165, 1.54) is 0 Å². The fourth-order valence-corrected chi connectivity index (χ4v) is 2.41. The van der Waals surface area contributed by atoms with Crippen LogP contribution in [0.2, 0.25) is 0 Å². The van der Waals surface area contributed by atoms with Crippen LogP contribution in [-0.4, -0.2) is 22.9 Å². The predicted octanol–water partition coefficient (Wildman–Crippen LogP) is 2.75. The normalized spacial score (nSPS) is 24.9. The van der Waals surface area contributed by atoms with Crippen LogP contribution in [0.4, 0.5) is 0 Å². The number of halogens is 1. The van der Waals surface area contributed by atoms with Gasteiger partial charge in [0.25, 0.3) is 5.91 Å². The van der Waals surface area contributed by atoms with Gasteiger partial charge in [0.1, 0.15) is 5.38 Å². The van der Waals surface area contributed by atoms with Crippen molar-refractivity contribution in [3.05, 3.63) is 35.6 Å². The molecule has 0 bridgehead atoms. The number of hydrogen-bond acceptors (Lipinski definition) is 2. The van der Waals surface area contributed by atoms with Gasteiger partial charge in [0.2, 0.25) is 5.91 Å². The Balaban J connectivity index is 2.36. The maximum Gasteiger partial charge on any atom is 0.263 e. The number of carbonyl (C=O) groups is 2. The second-order valence-electron chi connectivity index (χ2n) is 6.27. The molecule has 0 spiro atoms. The molecule has 0 radical (unpaired) electrons. The molecule has 112 valence electrons. The molecule has 1 aliphatic heterocycles. The lowest BCUT2D eigenvalue weighted by molar-refractivity contribution is -0.117. The van der Waals surface area contributed by atoms with Crippen molar-refractivity contribution in [3.8, 4) is 0 Å². The van der Waals surface area contributed by atoms with E-state index in [-0.39, 0.29) is 23.1 Å². The van der Waals surface area contributed by atoms with Crippen molar-refractivity contribution in [2.75, 3.05) is 0 Å².